The SMILES string of the molecule is Cc1nc2ccccc2s1.O=C(O)CI. The maximum absolute atomic E-state index is 9.36. The van der Waals surface area contributed by atoms with Gasteiger partial charge in [-0.3, -0.25) is 4.79 Å². The average Bonchev–Trinajstić information content (AvgIpc) is 2.58. The lowest BCUT2D eigenvalue weighted by Gasteiger charge is -1.80. The summed E-state index contributed by atoms with van der Waals surface area (Å²) >= 11 is 3.52. The highest BCUT2D eigenvalue weighted by atomic mass is 127. The summed E-state index contributed by atoms with van der Waals surface area (Å²) < 4.78 is 1.47. The molecule has 15 heavy (non-hydrogen) atoms. The largest absolute Gasteiger partial charge is 0.481 e. The lowest BCUT2D eigenvalue weighted by atomic mass is 10.3. The van der Waals surface area contributed by atoms with Gasteiger partial charge in [0.25, 0.3) is 0 Å². The molecule has 0 amide bonds. The van der Waals surface area contributed by atoms with Crippen LogP contribution in [0.25, 0.3) is 10.2 Å². The van der Waals surface area contributed by atoms with Gasteiger partial charge in [0.1, 0.15) is 0 Å². The zero-order valence-electron chi connectivity index (χ0n) is 8.11. The Hall–Kier alpha value is -0.690. The van der Waals surface area contributed by atoms with Crippen LogP contribution in [0.15, 0.2) is 24.3 Å². The molecule has 2 rings (SSSR count). The van der Waals surface area contributed by atoms with E-state index in [-0.39, 0.29) is 4.43 Å². The van der Waals surface area contributed by atoms with Gasteiger partial charge in [0.2, 0.25) is 0 Å². The van der Waals surface area contributed by atoms with Crippen LogP contribution in [0.4, 0.5) is 0 Å². The van der Waals surface area contributed by atoms with E-state index in [0.29, 0.717) is 0 Å². The second-order valence-electron chi connectivity index (χ2n) is 2.73. The number of para-hydroxylation sites is 1. The molecule has 0 aliphatic heterocycles. The summed E-state index contributed by atoms with van der Waals surface area (Å²) in [5.74, 6) is -0.759. The van der Waals surface area contributed by atoms with Crippen molar-refractivity contribution in [2.45, 2.75) is 6.92 Å². The number of aryl methyl sites for hydroxylation is 1. The predicted molar refractivity (Wildman–Crippen MR) is 70.9 cm³/mol. The van der Waals surface area contributed by atoms with Crippen LogP contribution in [-0.2, 0) is 4.79 Å². The topological polar surface area (TPSA) is 50.2 Å². The van der Waals surface area contributed by atoms with Gasteiger partial charge in [0, 0.05) is 0 Å². The second kappa shape index (κ2) is 6.02. The molecule has 0 aliphatic rings. The van der Waals surface area contributed by atoms with Gasteiger partial charge in [-0.2, -0.15) is 0 Å². The van der Waals surface area contributed by atoms with Crippen LogP contribution < -0.4 is 0 Å². The molecule has 0 spiro atoms. The molecule has 0 radical (unpaired) electrons. The van der Waals surface area contributed by atoms with E-state index in [4.69, 9.17) is 5.11 Å². The van der Waals surface area contributed by atoms with Crippen LogP contribution >= 0.6 is 33.9 Å². The number of hydrogen-bond acceptors (Lipinski definition) is 3. The molecule has 1 heterocycles. The van der Waals surface area contributed by atoms with E-state index in [9.17, 15) is 4.79 Å². The van der Waals surface area contributed by atoms with Gasteiger partial charge >= 0.3 is 5.97 Å². The number of thiazole rings is 1. The van der Waals surface area contributed by atoms with Crippen LogP contribution in [0.2, 0.25) is 0 Å². The molecule has 0 bridgehead atoms. The Bertz CT molecular complexity index is 422. The van der Waals surface area contributed by atoms with Crippen molar-refractivity contribution in [3.63, 3.8) is 0 Å². The monoisotopic (exact) mass is 335 g/mol. The number of rotatable bonds is 1. The Labute approximate surface area is 105 Å². The van der Waals surface area contributed by atoms with Crippen molar-refractivity contribution in [1.29, 1.82) is 0 Å². The van der Waals surface area contributed by atoms with Gasteiger partial charge in [0.05, 0.1) is 19.7 Å². The van der Waals surface area contributed by atoms with Crippen molar-refractivity contribution in [1.82, 2.24) is 4.98 Å². The number of carboxylic acids is 1. The molecular formula is C10H10INO2S. The summed E-state index contributed by atoms with van der Waals surface area (Å²) in [4.78, 5) is 13.7. The Morgan fingerprint density at radius 3 is 2.67 bits per heavy atom. The Balaban J connectivity index is 0.000000195. The quantitative estimate of drug-likeness (QED) is 0.644. The molecule has 0 unspecified atom stereocenters. The number of alkyl halides is 1. The fourth-order valence-electron chi connectivity index (χ4n) is 0.987. The van der Waals surface area contributed by atoms with Crippen molar-refractivity contribution in [2.24, 2.45) is 0 Å². The molecule has 80 valence electrons. The molecular weight excluding hydrogens is 325 g/mol. The van der Waals surface area contributed by atoms with Crippen molar-refractivity contribution in [2.75, 3.05) is 4.43 Å². The number of aliphatic carboxylic acids is 1. The molecule has 5 heteroatoms. The molecule has 2 aromatic rings. The Kier molecular flexibility index (Phi) is 4.97. The van der Waals surface area contributed by atoms with Crippen LogP contribution in [0.5, 0.6) is 0 Å². The van der Waals surface area contributed by atoms with E-state index in [1.807, 2.05) is 25.1 Å². The number of hydrogen-bond donors (Lipinski definition) is 1. The molecule has 0 fully saturated rings. The number of benzene rings is 1. The summed E-state index contributed by atoms with van der Waals surface area (Å²) in [6, 6.07) is 8.19. The van der Waals surface area contributed by atoms with Gasteiger partial charge in [-0.1, -0.05) is 34.7 Å². The molecule has 3 nitrogen and oxygen atoms in total. The van der Waals surface area contributed by atoms with E-state index < -0.39 is 5.97 Å². The standard InChI is InChI=1S/C8H7NS.C2H3IO2/c1-6-9-7-4-2-3-5-8(7)10-6;3-1-2(4)5/h2-5H,1H3;1H2,(H,4,5). The van der Waals surface area contributed by atoms with Crippen molar-refractivity contribution >= 4 is 50.1 Å². The zero-order valence-corrected chi connectivity index (χ0v) is 11.1. The highest BCUT2D eigenvalue weighted by molar-refractivity contribution is 14.1. The van der Waals surface area contributed by atoms with Gasteiger partial charge in [-0.25, -0.2) is 4.98 Å². The second-order valence-corrected chi connectivity index (χ2v) is 4.73. The first-order chi connectivity index (χ1) is 7.13. The molecule has 1 aromatic heterocycles. The highest BCUT2D eigenvalue weighted by Crippen LogP contribution is 2.19. The third kappa shape index (κ3) is 4.13. The number of nitrogens with zero attached hydrogens (tertiary/aromatic N) is 1. The van der Waals surface area contributed by atoms with E-state index in [1.54, 1.807) is 33.9 Å². The van der Waals surface area contributed by atoms with Gasteiger partial charge < -0.3 is 5.11 Å². The molecule has 0 atom stereocenters. The summed E-state index contributed by atoms with van der Waals surface area (Å²) in [7, 11) is 0. The molecule has 1 N–H and O–H groups in total. The van der Waals surface area contributed by atoms with Crippen molar-refractivity contribution in [3.8, 4) is 0 Å². The summed E-state index contributed by atoms with van der Waals surface area (Å²) in [5, 5.41) is 8.85. The first-order valence-electron chi connectivity index (χ1n) is 4.23. The summed E-state index contributed by atoms with van der Waals surface area (Å²) in [6.07, 6.45) is 0. The molecule has 1 aromatic carbocycles. The van der Waals surface area contributed by atoms with Crippen LogP contribution in [0, 0.1) is 6.92 Å². The minimum Gasteiger partial charge on any atom is -0.481 e. The lowest BCUT2D eigenvalue weighted by Crippen LogP contribution is -1.91. The third-order valence-corrected chi connectivity index (χ3v) is 3.12. The highest BCUT2D eigenvalue weighted by Gasteiger charge is 1.95. The number of carbonyl (C=O) groups is 1. The van der Waals surface area contributed by atoms with Crippen LogP contribution in [0.1, 0.15) is 5.01 Å². The van der Waals surface area contributed by atoms with Gasteiger partial charge in [0.15, 0.2) is 0 Å². The van der Waals surface area contributed by atoms with Gasteiger partial charge in [-0.15, -0.1) is 11.3 Å². The Morgan fingerprint density at radius 2 is 2.13 bits per heavy atom. The van der Waals surface area contributed by atoms with Crippen molar-refractivity contribution < 1.29 is 9.90 Å². The minimum atomic E-state index is -0.759. The molecule has 0 saturated carbocycles. The minimum absolute atomic E-state index is 0.192. The maximum atomic E-state index is 9.36. The van der Waals surface area contributed by atoms with Crippen LogP contribution in [0.3, 0.4) is 0 Å². The van der Waals surface area contributed by atoms with E-state index >= 15 is 0 Å². The molecule has 0 aliphatic carbocycles. The lowest BCUT2D eigenvalue weighted by molar-refractivity contribution is -0.133. The number of carboxylic acid groups (broad SMARTS) is 1. The van der Waals surface area contributed by atoms with E-state index in [1.165, 1.54) is 4.70 Å². The Morgan fingerprint density at radius 1 is 1.53 bits per heavy atom. The normalized spacial score (nSPS) is 9.47. The zero-order chi connectivity index (χ0) is 11.3. The fourth-order valence-corrected chi connectivity index (χ4v) is 1.81. The third-order valence-electron chi connectivity index (χ3n) is 1.52. The predicted octanol–water partition coefficient (Wildman–Crippen LogP) is 3.11. The van der Waals surface area contributed by atoms with E-state index in [0.717, 1.165) is 10.5 Å². The number of fused-ring (bicyclic) bond motifs is 1. The molecule has 0 saturated heterocycles. The fraction of sp³-hybridized carbons (Fsp3) is 0.200. The summed E-state index contributed by atoms with van der Waals surface area (Å²) in [5.41, 5.74) is 1.12. The number of aromatic nitrogens is 1. The van der Waals surface area contributed by atoms with E-state index in [2.05, 4.69) is 11.1 Å². The van der Waals surface area contributed by atoms with Crippen molar-refractivity contribution in [3.05, 3.63) is 29.3 Å². The first kappa shape index (κ1) is 12.4. The van der Waals surface area contributed by atoms with Crippen LogP contribution in [-0.4, -0.2) is 20.5 Å². The van der Waals surface area contributed by atoms with Gasteiger partial charge in [-0.05, 0) is 19.1 Å². The number of halogens is 1. The maximum Gasteiger partial charge on any atom is 0.313 e. The summed E-state index contributed by atoms with van der Waals surface area (Å²) in [6.45, 7) is 2.03. The first-order valence-corrected chi connectivity index (χ1v) is 6.57. The smallest absolute Gasteiger partial charge is 0.313 e. The average molecular weight is 335 g/mol.